The Kier molecular flexibility index (Phi) is 5.11. The van der Waals surface area contributed by atoms with E-state index in [1.165, 1.54) is 11.3 Å². The molecule has 160 valence electrons. The van der Waals surface area contributed by atoms with Crippen LogP contribution in [0.15, 0.2) is 86.3 Å². The van der Waals surface area contributed by atoms with Crippen molar-refractivity contribution in [2.75, 3.05) is 6.61 Å². The fourth-order valence-electron chi connectivity index (χ4n) is 4.08. The molecule has 2 aromatic heterocycles. The number of furan rings is 1. The van der Waals surface area contributed by atoms with E-state index < -0.39 is 12.0 Å². The van der Waals surface area contributed by atoms with Crippen LogP contribution in [0.25, 0.3) is 16.8 Å². The first-order chi connectivity index (χ1) is 15.6. The Morgan fingerprint density at radius 3 is 2.78 bits per heavy atom. The SMILES string of the molecule is CCOC(=O)C1=C(C)N=c2sc(=Cc3ccco3)c(=O)n2C1c1cccc2ccccc12. The average Bonchev–Trinajstić information content (AvgIpc) is 3.41. The molecular formula is C25H20N2O4S. The maximum Gasteiger partial charge on any atom is 0.338 e. The summed E-state index contributed by atoms with van der Waals surface area (Å²) in [6.07, 6.45) is 3.26. The summed E-state index contributed by atoms with van der Waals surface area (Å²) in [5, 5.41) is 2.00. The van der Waals surface area contributed by atoms with Crippen LogP contribution in [0.2, 0.25) is 0 Å². The molecule has 0 spiro atoms. The zero-order valence-electron chi connectivity index (χ0n) is 17.6. The lowest BCUT2D eigenvalue weighted by Crippen LogP contribution is -2.40. The van der Waals surface area contributed by atoms with Crippen LogP contribution < -0.4 is 14.9 Å². The number of hydrogen-bond donors (Lipinski definition) is 0. The smallest absolute Gasteiger partial charge is 0.338 e. The predicted octanol–water partition coefficient (Wildman–Crippen LogP) is 3.54. The van der Waals surface area contributed by atoms with Crippen molar-refractivity contribution >= 4 is 34.2 Å². The number of ether oxygens (including phenoxy) is 1. The molecule has 0 radical (unpaired) electrons. The third-order valence-corrected chi connectivity index (χ3v) is 6.43. The van der Waals surface area contributed by atoms with Crippen molar-refractivity contribution in [1.82, 2.24) is 4.57 Å². The molecule has 4 aromatic rings. The second-order valence-electron chi connectivity index (χ2n) is 7.39. The molecule has 32 heavy (non-hydrogen) atoms. The minimum absolute atomic E-state index is 0.225. The van der Waals surface area contributed by atoms with Gasteiger partial charge >= 0.3 is 5.97 Å². The van der Waals surface area contributed by atoms with Crippen molar-refractivity contribution in [1.29, 1.82) is 0 Å². The fraction of sp³-hybridized carbons (Fsp3) is 0.160. The van der Waals surface area contributed by atoms with E-state index in [0.29, 0.717) is 26.4 Å². The minimum Gasteiger partial charge on any atom is -0.465 e. The van der Waals surface area contributed by atoms with Gasteiger partial charge in [-0.05, 0) is 42.3 Å². The number of fused-ring (bicyclic) bond motifs is 2. The lowest BCUT2D eigenvalue weighted by atomic mass is 9.91. The number of allylic oxidation sites excluding steroid dienone is 1. The molecule has 0 saturated heterocycles. The molecule has 7 heteroatoms. The quantitative estimate of drug-likeness (QED) is 0.451. The zero-order valence-corrected chi connectivity index (χ0v) is 18.4. The Morgan fingerprint density at radius 2 is 2.00 bits per heavy atom. The van der Waals surface area contributed by atoms with Gasteiger partial charge in [0.1, 0.15) is 5.76 Å². The van der Waals surface area contributed by atoms with Crippen LogP contribution in [0, 0.1) is 0 Å². The van der Waals surface area contributed by atoms with Crippen LogP contribution in [0.4, 0.5) is 0 Å². The molecule has 1 unspecified atom stereocenters. The maximum absolute atomic E-state index is 13.6. The molecule has 6 nitrogen and oxygen atoms in total. The number of rotatable bonds is 4. The van der Waals surface area contributed by atoms with Gasteiger partial charge in [0.25, 0.3) is 5.56 Å². The topological polar surface area (TPSA) is 73.8 Å². The number of thiazole rings is 1. The van der Waals surface area contributed by atoms with Crippen molar-refractivity contribution in [2.24, 2.45) is 4.99 Å². The highest BCUT2D eigenvalue weighted by Gasteiger charge is 2.34. The highest BCUT2D eigenvalue weighted by atomic mass is 32.1. The molecule has 1 atom stereocenters. The summed E-state index contributed by atoms with van der Waals surface area (Å²) in [5.74, 6) is 0.116. The molecule has 0 fully saturated rings. The van der Waals surface area contributed by atoms with Crippen molar-refractivity contribution in [3.63, 3.8) is 0 Å². The van der Waals surface area contributed by atoms with E-state index in [4.69, 9.17) is 9.15 Å². The summed E-state index contributed by atoms with van der Waals surface area (Å²) in [4.78, 5) is 31.7. The summed E-state index contributed by atoms with van der Waals surface area (Å²) in [5.41, 5.74) is 1.55. The molecule has 0 N–H and O–H groups in total. The van der Waals surface area contributed by atoms with Crippen LogP contribution in [0.1, 0.15) is 31.2 Å². The molecular weight excluding hydrogens is 424 g/mol. The normalized spacial score (nSPS) is 16.2. The van der Waals surface area contributed by atoms with E-state index in [1.807, 2.05) is 42.5 Å². The number of nitrogens with zero attached hydrogens (tertiary/aromatic N) is 2. The van der Waals surface area contributed by atoms with Crippen LogP contribution in [0.5, 0.6) is 0 Å². The number of esters is 1. The van der Waals surface area contributed by atoms with Gasteiger partial charge in [-0.25, -0.2) is 9.79 Å². The number of benzene rings is 2. The van der Waals surface area contributed by atoms with Gasteiger partial charge in [-0.15, -0.1) is 0 Å². The summed E-state index contributed by atoms with van der Waals surface area (Å²) in [6.45, 7) is 3.79. The Hall–Kier alpha value is -3.71. The molecule has 0 bridgehead atoms. The second-order valence-corrected chi connectivity index (χ2v) is 8.40. The maximum atomic E-state index is 13.6. The van der Waals surface area contributed by atoms with Gasteiger partial charge in [0.05, 0.1) is 34.7 Å². The summed E-state index contributed by atoms with van der Waals surface area (Å²) >= 11 is 1.28. The first-order valence-electron chi connectivity index (χ1n) is 10.3. The van der Waals surface area contributed by atoms with Crippen LogP contribution in [-0.2, 0) is 9.53 Å². The highest BCUT2D eigenvalue weighted by Crippen LogP contribution is 2.34. The fourth-order valence-corrected chi connectivity index (χ4v) is 5.10. The van der Waals surface area contributed by atoms with E-state index in [9.17, 15) is 9.59 Å². The van der Waals surface area contributed by atoms with Crippen LogP contribution in [0.3, 0.4) is 0 Å². The van der Waals surface area contributed by atoms with E-state index >= 15 is 0 Å². The van der Waals surface area contributed by atoms with E-state index in [2.05, 4.69) is 4.99 Å². The molecule has 1 aliphatic heterocycles. The molecule has 1 aliphatic rings. The Bertz CT molecular complexity index is 1540. The van der Waals surface area contributed by atoms with Crippen LogP contribution >= 0.6 is 11.3 Å². The lowest BCUT2D eigenvalue weighted by molar-refractivity contribution is -0.139. The first kappa shape index (κ1) is 20.2. The molecule has 0 saturated carbocycles. The minimum atomic E-state index is -0.643. The van der Waals surface area contributed by atoms with Crippen molar-refractivity contribution in [2.45, 2.75) is 19.9 Å². The monoisotopic (exact) mass is 444 g/mol. The highest BCUT2D eigenvalue weighted by molar-refractivity contribution is 7.07. The molecule has 2 aromatic carbocycles. The first-order valence-corrected chi connectivity index (χ1v) is 11.1. The van der Waals surface area contributed by atoms with E-state index in [1.54, 1.807) is 42.9 Å². The van der Waals surface area contributed by atoms with Crippen LogP contribution in [-0.4, -0.2) is 17.1 Å². The molecule has 0 aliphatic carbocycles. The van der Waals surface area contributed by atoms with E-state index in [-0.39, 0.29) is 12.2 Å². The number of carbonyl (C=O) groups excluding carboxylic acids is 1. The Labute approximate surface area is 187 Å². The van der Waals surface area contributed by atoms with Gasteiger partial charge < -0.3 is 9.15 Å². The Morgan fingerprint density at radius 1 is 1.19 bits per heavy atom. The van der Waals surface area contributed by atoms with Gasteiger partial charge in [-0.2, -0.15) is 0 Å². The largest absolute Gasteiger partial charge is 0.465 e. The molecule has 0 amide bonds. The number of aromatic nitrogens is 1. The average molecular weight is 445 g/mol. The van der Waals surface area contributed by atoms with Gasteiger partial charge in [-0.3, -0.25) is 9.36 Å². The van der Waals surface area contributed by atoms with Crippen molar-refractivity contribution in [3.8, 4) is 0 Å². The predicted molar refractivity (Wildman–Crippen MR) is 123 cm³/mol. The summed E-state index contributed by atoms with van der Waals surface area (Å²) < 4.78 is 12.9. The van der Waals surface area contributed by atoms with E-state index in [0.717, 1.165) is 16.3 Å². The van der Waals surface area contributed by atoms with Crippen molar-refractivity contribution in [3.05, 3.63) is 103 Å². The van der Waals surface area contributed by atoms with Crippen molar-refractivity contribution < 1.29 is 13.9 Å². The van der Waals surface area contributed by atoms with Gasteiger partial charge in [0, 0.05) is 6.08 Å². The summed E-state index contributed by atoms with van der Waals surface area (Å²) in [7, 11) is 0. The van der Waals surface area contributed by atoms with Gasteiger partial charge in [-0.1, -0.05) is 53.8 Å². The second kappa shape index (κ2) is 8.09. The molecule has 5 rings (SSSR count). The van der Waals surface area contributed by atoms with Gasteiger partial charge in [0.15, 0.2) is 4.80 Å². The van der Waals surface area contributed by atoms with Gasteiger partial charge in [0.2, 0.25) is 0 Å². The standard InChI is InChI=1S/C25H20N2O4S/c1-3-30-24(29)21-15(2)26-25-27(23(28)20(32-25)14-17-10-7-13-31-17)22(21)19-12-6-9-16-8-4-5-11-18(16)19/h4-14,22H,3H2,1-2H3. The third kappa shape index (κ3) is 3.31. The number of carbonyl (C=O) groups is 1. The Balaban J connectivity index is 1.83. The number of hydrogen-bond acceptors (Lipinski definition) is 6. The third-order valence-electron chi connectivity index (χ3n) is 5.45. The summed E-state index contributed by atoms with van der Waals surface area (Å²) in [6, 6.07) is 16.8. The molecule has 3 heterocycles. The lowest BCUT2D eigenvalue weighted by Gasteiger charge is -2.25. The zero-order chi connectivity index (χ0) is 22.2.